The Balaban J connectivity index is 1.60. The zero-order valence-corrected chi connectivity index (χ0v) is 16.0. The normalized spacial score (nSPS) is 17.1. The van der Waals surface area contributed by atoms with E-state index in [-0.39, 0.29) is 11.9 Å². The van der Waals surface area contributed by atoms with E-state index >= 15 is 0 Å². The predicted octanol–water partition coefficient (Wildman–Crippen LogP) is 4.74. The van der Waals surface area contributed by atoms with Crippen LogP contribution in [0.25, 0.3) is 21.7 Å². The summed E-state index contributed by atoms with van der Waals surface area (Å²) in [5.41, 5.74) is 3.39. The summed E-state index contributed by atoms with van der Waals surface area (Å²) in [5, 5.41) is 6.37. The van der Waals surface area contributed by atoms with E-state index in [0.29, 0.717) is 12.3 Å². The van der Waals surface area contributed by atoms with E-state index in [9.17, 15) is 4.79 Å². The van der Waals surface area contributed by atoms with Crippen molar-refractivity contribution in [3.63, 3.8) is 0 Å². The number of hydrogen-bond acceptors (Lipinski definition) is 2. The molecule has 1 aliphatic rings. The summed E-state index contributed by atoms with van der Waals surface area (Å²) < 4.78 is 0.993. The molecule has 1 aromatic heterocycles. The molecule has 27 heavy (non-hydrogen) atoms. The summed E-state index contributed by atoms with van der Waals surface area (Å²) in [7, 11) is 0. The summed E-state index contributed by atoms with van der Waals surface area (Å²) in [5.74, 6) is -0.129. The van der Waals surface area contributed by atoms with Gasteiger partial charge in [-0.3, -0.25) is 9.79 Å². The Morgan fingerprint density at radius 1 is 1.00 bits per heavy atom. The first-order chi connectivity index (χ1) is 13.2. The first-order valence-corrected chi connectivity index (χ1v) is 9.60. The monoisotopic (exact) mass is 417 g/mol. The van der Waals surface area contributed by atoms with Gasteiger partial charge >= 0.3 is 0 Å². The number of nitrogens with zero attached hydrogens (tertiary/aromatic N) is 1. The molecule has 3 aromatic carbocycles. The number of carbonyl (C=O) groups excluding carboxylic acids is 1. The van der Waals surface area contributed by atoms with Crippen molar-refractivity contribution in [2.45, 2.75) is 6.04 Å². The fraction of sp³-hybridized carbons (Fsp3) is 0.0909. The average Bonchev–Trinajstić information content (AvgIpc) is 3.11. The molecule has 1 amide bonds. The van der Waals surface area contributed by atoms with Crippen LogP contribution in [-0.4, -0.2) is 23.1 Å². The molecule has 0 bridgehead atoms. The molecule has 0 unspecified atom stereocenters. The Labute approximate surface area is 164 Å². The van der Waals surface area contributed by atoms with Crippen LogP contribution in [0.3, 0.4) is 0 Å². The molecule has 132 valence electrons. The van der Waals surface area contributed by atoms with Crippen LogP contribution >= 0.6 is 15.9 Å². The highest BCUT2D eigenvalue weighted by molar-refractivity contribution is 9.10. The number of hydrogen-bond donors (Lipinski definition) is 2. The first kappa shape index (κ1) is 16.3. The van der Waals surface area contributed by atoms with Crippen molar-refractivity contribution in [2.75, 3.05) is 6.54 Å². The first-order valence-electron chi connectivity index (χ1n) is 8.81. The lowest BCUT2D eigenvalue weighted by molar-refractivity contribution is -0.115. The third-order valence-corrected chi connectivity index (χ3v) is 5.51. The second-order valence-electron chi connectivity index (χ2n) is 6.70. The summed E-state index contributed by atoms with van der Waals surface area (Å²) in [6.07, 6.45) is 1.86. The van der Waals surface area contributed by atoms with E-state index in [2.05, 4.69) is 56.6 Å². The van der Waals surface area contributed by atoms with Crippen molar-refractivity contribution in [1.82, 2.24) is 10.3 Å². The van der Waals surface area contributed by atoms with Crippen LogP contribution in [0, 0.1) is 0 Å². The molecule has 1 aliphatic heterocycles. The number of fused-ring (bicyclic) bond motifs is 2. The number of benzene rings is 3. The topological polar surface area (TPSA) is 57.2 Å². The Bertz CT molecular complexity index is 1220. The molecule has 0 aliphatic carbocycles. The van der Waals surface area contributed by atoms with Gasteiger partial charge in [0.2, 0.25) is 0 Å². The van der Waals surface area contributed by atoms with E-state index in [1.54, 1.807) is 0 Å². The molecule has 2 N–H and O–H groups in total. The van der Waals surface area contributed by atoms with E-state index in [1.807, 2.05) is 36.5 Å². The highest BCUT2D eigenvalue weighted by Crippen LogP contribution is 2.28. The smallest absolute Gasteiger partial charge is 0.270 e. The number of rotatable bonds is 2. The van der Waals surface area contributed by atoms with Gasteiger partial charge in [-0.15, -0.1) is 0 Å². The number of aromatic nitrogens is 1. The van der Waals surface area contributed by atoms with Crippen LogP contribution in [0.5, 0.6) is 0 Å². The van der Waals surface area contributed by atoms with Gasteiger partial charge in [0.05, 0.1) is 6.04 Å². The molecule has 5 rings (SSSR count). The average molecular weight is 418 g/mol. The SMILES string of the molecule is O=C1NC[C@H](c2ccc3ccccc3c2)N=C1c1c[nH]c2cc(Br)ccc12. The zero-order chi connectivity index (χ0) is 18.4. The maximum Gasteiger partial charge on any atom is 0.270 e. The van der Waals surface area contributed by atoms with Crippen LogP contribution in [0.2, 0.25) is 0 Å². The van der Waals surface area contributed by atoms with Gasteiger partial charge in [0.1, 0.15) is 5.71 Å². The molecule has 0 saturated carbocycles. The minimum Gasteiger partial charge on any atom is -0.360 e. The van der Waals surface area contributed by atoms with E-state index in [1.165, 1.54) is 10.8 Å². The minimum absolute atomic E-state index is 0.0947. The largest absolute Gasteiger partial charge is 0.360 e. The van der Waals surface area contributed by atoms with Gasteiger partial charge in [-0.05, 0) is 34.5 Å². The number of H-pyrrole nitrogens is 1. The van der Waals surface area contributed by atoms with Crippen LogP contribution in [-0.2, 0) is 4.79 Å². The molecule has 1 atom stereocenters. The number of nitrogens with one attached hydrogen (secondary N) is 2. The zero-order valence-electron chi connectivity index (χ0n) is 14.4. The summed E-state index contributed by atoms with van der Waals surface area (Å²) >= 11 is 3.48. The van der Waals surface area contributed by atoms with E-state index < -0.39 is 0 Å². The third kappa shape index (κ3) is 2.84. The summed E-state index contributed by atoms with van der Waals surface area (Å²) in [6.45, 7) is 0.509. The van der Waals surface area contributed by atoms with Crippen molar-refractivity contribution in [3.8, 4) is 0 Å². The van der Waals surface area contributed by atoms with E-state index in [0.717, 1.165) is 26.5 Å². The molecule has 0 saturated heterocycles. The van der Waals surface area contributed by atoms with Crippen LogP contribution in [0.4, 0.5) is 0 Å². The number of carbonyl (C=O) groups is 1. The van der Waals surface area contributed by atoms with Crippen molar-refractivity contribution >= 4 is 49.2 Å². The molecule has 4 aromatic rings. The standard InChI is InChI=1S/C22H16BrN3O/c23-16-7-8-17-18(11-24-19(17)10-16)21-22(27)25-12-20(26-21)15-6-5-13-3-1-2-4-14(13)9-15/h1-11,20,24H,12H2,(H,25,27)/t20-/m1/s1. The van der Waals surface area contributed by atoms with Crippen LogP contribution < -0.4 is 5.32 Å². The number of halogens is 1. The Morgan fingerprint density at radius 2 is 1.85 bits per heavy atom. The second kappa shape index (κ2) is 6.35. The van der Waals surface area contributed by atoms with Crippen molar-refractivity contribution in [3.05, 3.63) is 82.5 Å². The lowest BCUT2D eigenvalue weighted by Crippen LogP contribution is -2.39. The maximum atomic E-state index is 12.5. The number of aliphatic imine (C=N–C) groups is 1. The Kier molecular flexibility index (Phi) is 3.83. The van der Waals surface area contributed by atoms with Gasteiger partial charge in [-0.25, -0.2) is 0 Å². The minimum atomic E-state index is -0.129. The van der Waals surface area contributed by atoms with Gasteiger partial charge in [-0.2, -0.15) is 0 Å². The molecule has 5 heteroatoms. The quantitative estimate of drug-likeness (QED) is 0.485. The summed E-state index contributed by atoms with van der Waals surface area (Å²) in [4.78, 5) is 20.6. The molecule has 4 nitrogen and oxygen atoms in total. The van der Waals surface area contributed by atoms with Crippen LogP contribution in [0.15, 0.2) is 76.3 Å². The highest BCUT2D eigenvalue weighted by atomic mass is 79.9. The second-order valence-corrected chi connectivity index (χ2v) is 7.62. The van der Waals surface area contributed by atoms with Crippen molar-refractivity contribution in [1.29, 1.82) is 0 Å². The molecule has 0 fully saturated rings. The summed E-state index contributed by atoms with van der Waals surface area (Å²) in [6, 6.07) is 20.5. The molecule has 2 heterocycles. The van der Waals surface area contributed by atoms with Gasteiger partial charge in [0, 0.05) is 33.7 Å². The Hall–Kier alpha value is -2.92. The fourth-order valence-corrected chi connectivity index (χ4v) is 3.99. The fourth-order valence-electron chi connectivity index (χ4n) is 3.63. The van der Waals surface area contributed by atoms with Gasteiger partial charge < -0.3 is 10.3 Å². The molecular formula is C22H16BrN3O. The molecular weight excluding hydrogens is 402 g/mol. The molecule has 0 radical (unpaired) electrons. The van der Waals surface area contributed by atoms with Crippen molar-refractivity contribution in [2.24, 2.45) is 4.99 Å². The third-order valence-electron chi connectivity index (χ3n) is 5.01. The Morgan fingerprint density at radius 3 is 2.74 bits per heavy atom. The highest BCUT2D eigenvalue weighted by Gasteiger charge is 2.25. The predicted molar refractivity (Wildman–Crippen MR) is 112 cm³/mol. The van der Waals surface area contributed by atoms with Crippen LogP contribution in [0.1, 0.15) is 17.2 Å². The van der Waals surface area contributed by atoms with Gasteiger partial charge in [-0.1, -0.05) is 58.4 Å². The number of aromatic amines is 1. The lowest BCUT2D eigenvalue weighted by atomic mass is 9.99. The lowest BCUT2D eigenvalue weighted by Gasteiger charge is -2.21. The van der Waals surface area contributed by atoms with Crippen molar-refractivity contribution < 1.29 is 4.79 Å². The maximum absolute atomic E-state index is 12.5. The number of amides is 1. The van der Waals surface area contributed by atoms with E-state index in [4.69, 9.17) is 4.99 Å². The van der Waals surface area contributed by atoms with Gasteiger partial charge in [0.15, 0.2) is 0 Å². The van der Waals surface area contributed by atoms with Gasteiger partial charge in [0.25, 0.3) is 5.91 Å². The molecule has 0 spiro atoms.